The van der Waals surface area contributed by atoms with Crippen LogP contribution in [0.25, 0.3) is 0 Å². The molecule has 3 heteroatoms. The van der Waals surface area contributed by atoms with Gasteiger partial charge in [0.05, 0.1) is 0 Å². The highest BCUT2D eigenvalue weighted by Crippen LogP contribution is 2.02. The first-order valence-electron chi connectivity index (χ1n) is 2.55. The van der Waals surface area contributed by atoms with Crippen LogP contribution in [0.15, 0.2) is 24.3 Å². The van der Waals surface area contributed by atoms with Crippen LogP contribution >= 0.6 is 11.5 Å². The molecule has 1 nitrogen and oxygen atoms in total. The van der Waals surface area contributed by atoms with Crippen LogP contribution in [0.5, 0.6) is 5.75 Å². The molecule has 0 bridgehead atoms. The third-order valence-electron chi connectivity index (χ3n) is 1.02. The third-order valence-corrected chi connectivity index (χ3v) is 1.27. The maximum Gasteiger partial charge on any atom is 0.275 e. The Morgan fingerprint density at radius 3 is 2.22 bits per heavy atom. The molecular formula is C6H5BClO. The van der Waals surface area contributed by atoms with Crippen LogP contribution in [0.1, 0.15) is 0 Å². The fourth-order valence-electron chi connectivity index (χ4n) is 0.547. The standard InChI is InChI=1S/C6H5BClO/c8-7-5-1-3-6(9)4-2-5/h1-4,9H. The van der Waals surface area contributed by atoms with Gasteiger partial charge in [0.15, 0.2) is 0 Å². The summed E-state index contributed by atoms with van der Waals surface area (Å²) in [4.78, 5) is 0. The van der Waals surface area contributed by atoms with E-state index in [0.717, 1.165) is 5.46 Å². The van der Waals surface area contributed by atoms with Gasteiger partial charge in [-0.2, -0.15) is 11.5 Å². The van der Waals surface area contributed by atoms with E-state index < -0.39 is 0 Å². The van der Waals surface area contributed by atoms with Crippen LogP contribution in [0.2, 0.25) is 0 Å². The summed E-state index contributed by atoms with van der Waals surface area (Å²) in [6, 6.07) is 6.66. The SMILES string of the molecule is Oc1ccc([B]Cl)cc1. The Morgan fingerprint density at radius 2 is 1.78 bits per heavy atom. The van der Waals surface area contributed by atoms with Crippen molar-refractivity contribution in [3.8, 4) is 5.75 Å². The number of rotatable bonds is 1. The van der Waals surface area contributed by atoms with E-state index >= 15 is 0 Å². The Morgan fingerprint density at radius 1 is 1.22 bits per heavy atom. The fourth-order valence-corrected chi connectivity index (χ4v) is 0.693. The molecule has 0 saturated heterocycles. The Hall–Kier alpha value is -0.625. The minimum atomic E-state index is 0.261. The molecule has 0 aliphatic carbocycles. The van der Waals surface area contributed by atoms with E-state index in [9.17, 15) is 0 Å². The van der Waals surface area contributed by atoms with Gasteiger partial charge in [-0.05, 0) is 12.1 Å². The molecule has 1 radical (unpaired) electrons. The van der Waals surface area contributed by atoms with E-state index in [4.69, 9.17) is 16.6 Å². The molecule has 0 aromatic heterocycles. The van der Waals surface area contributed by atoms with Crippen molar-refractivity contribution in [3.63, 3.8) is 0 Å². The lowest BCUT2D eigenvalue weighted by atomic mass is 9.95. The number of halogens is 1. The van der Waals surface area contributed by atoms with Crippen LogP contribution in [0, 0.1) is 0 Å². The van der Waals surface area contributed by atoms with Crippen molar-refractivity contribution < 1.29 is 5.11 Å². The summed E-state index contributed by atoms with van der Waals surface area (Å²) in [6.07, 6.45) is 0. The van der Waals surface area contributed by atoms with E-state index in [1.54, 1.807) is 24.3 Å². The number of hydrogen-bond acceptors (Lipinski definition) is 1. The molecule has 45 valence electrons. The van der Waals surface area contributed by atoms with Crippen molar-refractivity contribution in [2.24, 2.45) is 0 Å². The number of hydrogen-bond donors (Lipinski definition) is 1. The Bertz CT molecular complexity index is 185. The topological polar surface area (TPSA) is 20.2 Å². The van der Waals surface area contributed by atoms with Gasteiger partial charge in [-0.15, -0.1) is 0 Å². The van der Waals surface area contributed by atoms with Gasteiger partial charge < -0.3 is 5.11 Å². The van der Waals surface area contributed by atoms with Crippen LogP contribution in [0.3, 0.4) is 0 Å². The van der Waals surface area contributed by atoms with Crippen LogP contribution in [-0.4, -0.2) is 11.8 Å². The summed E-state index contributed by atoms with van der Waals surface area (Å²) in [7, 11) is 0. The zero-order chi connectivity index (χ0) is 6.69. The molecular weight excluding hydrogens is 134 g/mol. The molecule has 0 aliphatic rings. The predicted octanol–water partition coefficient (Wildman–Crippen LogP) is 0.875. The van der Waals surface area contributed by atoms with Gasteiger partial charge in [0.1, 0.15) is 5.75 Å². The summed E-state index contributed by atoms with van der Waals surface area (Å²) in [5.74, 6) is 0.261. The van der Waals surface area contributed by atoms with Gasteiger partial charge >= 0.3 is 0 Å². The van der Waals surface area contributed by atoms with Crippen LogP contribution in [0.4, 0.5) is 0 Å². The fraction of sp³-hybridized carbons (Fsp3) is 0. The molecule has 0 aliphatic heterocycles. The zero-order valence-corrected chi connectivity index (χ0v) is 5.47. The molecule has 1 N–H and O–H groups in total. The first-order chi connectivity index (χ1) is 4.33. The minimum absolute atomic E-state index is 0.261. The molecule has 0 spiro atoms. The lowest BCUT2D eigenvalue weighted by Gasteiger charge is -1.91. The van der Waals surface area contributed by atoms with E-state index in [0.29, 0.717) is 0 Å². The smallest absolute Gasteiger partial charge is 0.275 e. The van der Waals surface area contributed by atoms with E-state index in [1.165, 1.54) is 6.69 Å². The molecule has 0 amide bonds. The summed E-state index contributed by atoms with van der Waals surface area (Å²) in [5, 5.41) is 8.80. The maximum atomic E-state index is 8.80. The Kier molecular flexibility index (Phi) is 2.01. The molecule has 0 unspecified atom stereocenters. The number of aromatic hydroxyl groups is 1. The quantitative estimate of drug-likeness (QED) is 0.573. The van der Waals surface area contributed by atoms with Crippen molar-refractivity contribution in [3.05, 3.63) is 24.3 Å². The first-order valence-corrected chi connectivity index (χ1v) is 2.99. The molecule has 0 saturated carbocycles. The normalized spacial score (nSPS) is 9.00. The molecule has 0 fully saturated rings. The van der Waals surface area contributed by atoms with Crippen molar-refractivity contribution >= 4 is 23.6 Å². The number of phenolic OH excluding ortho intramolecular Hbond substituents is 1. The molecule has 0 atom stereocenters. The summed E-state index contributed by atoms with van der Waals surface area (Å²) >= 11 is 5.37. The molecule has 1 rings (SSSR count). The highest BCUT2D eigenvalue weighted by molar-refractivity contribution is 7.01. The molecule has 1 aromatic rings. The highest BCUT2D eigenvalue weighted by atomic mass is 35.5. The average Bonchev–Trinajstić information content (AvgIpc) is 1.90. The predicted molar refractivity (Wildman–Crippen MR) is 39.3 cm³/mol. The van der Waals surface area contributed by atoms with Crippen molar-refractivity contribution in [2.45, 2.75) is 0 Å². The summed E-state index contributed by atoms with van der Waals surface area (Å²) in [6.45, 7) is 1.46. The third kappa shape index (κ3) is 1.65. The highest BCUT2D eigenvalue weighted by Gasteiger charge is 1.90. The van der Waals surface area contributed by atoms with Crippen LogP contribution in [-0.2, 0) is 0 Å². The first kappa shape index (κ1) is 6.49. The van der Waals surface area contributed by atoms with E-state index in [2.05, 4.69) is 0 Å². The Labute approximate surface area is 59.4 Å². The van der Waals surface area contributed by atoms with Gasteiger partial charge in [-0.3, -0.25) is 0 Å². The van der Waals surface area contributed by atoms with Gasteiger partial charge in [0.25, 0.3) is 6.69 Å². The molecule has 9 heavy (non-hydrogen) atoms. The largest absolute Gasteiger partial charge is 0.508 e. The lowest BCUT2D eigenvalue weighted by Crippen LogP contribution is -2.05. The van der Waals surface area contributed by atoms with Gasteiger partial charge in [-0.1, -0.05) is 17.6 Å². The summed E-state index contributed by atoms with van der Waals surface area (Å²) < 4.78 is 0. The van der Waals surface area contributed by atoms with Crippen molar-refractivity contribution in [1.29, 1.82) is 0 Å². The number of phenols is 1. The minimum Gasteiger partial charge on any atom is -0.508 e. The van der Waals surface area contributed by atoms with Crippen LogP contribution < -0.4 is 5.46 Å². The van der Waals surface area contributed by atoms with E-state index in [1.807, 2.05) is 0 Å². The Balaban J connectivity index is 2.88. The lowest BCUT2D eigenvalue weighted by molar-refractivity contribution is 0.475. The van der Waals surface area contributed by atoms with E-state index in [-0.39, 0.29) is 5.75 Å². The molecule has 0 heterocycles. The number of benzene rings is 1. The average molecular weight is 139 g/mol. The summed E-state index contributed by atoms with van der Waals surface area (Å²) in [5.41, 5.74) is 0.898. The second kappa shape index (κ2) is 2.78. The van der Waals surface area contributed by atoms with Gasteiger partial charge in [0, 0.05) is 0 Å². The zero-order valence-electron chi connectivity index (χ0n) is 4.71. The van der Waals surface area contributed by atoms with Crippen molar-refractivity contribution in [2.75, 3.05) is 0 Å². The monoisotopic (exact) mass is 139 g/mol. The molecule has 1 aromatic carbocycles. The second-order valence-electron chi connectivity index (χ2n) is 1.70. The van der Waals surface area contributed by atoms with Crippen molar-refractivity contribution in [1.82, 2.24) is 0 Å². The van der Waals surface area contributed by atoms with Gasteiger partial charge in [-0.25, -0.2) is 0 Å². The maximum absolute atomic E-state index is 8.80. The second-order valence-corrected chi connectivity index (χ2v) is 1.92. The van der Waals surface area contributed by atoms with Gasteiger partial charge in [0.2, 0.25) is 0 Å².